The van der Waals surface area contributed by atoms with E-state index in [9.17, 15) is 9.59 Å². The summed E-state index contributed by atoms with van der Waals surface area (Å²) in [5.74, 6) is -0.254. The van der Waals surface area contributed by atoms with E-state index >= 15 is 0 Å². The molecular weight excluding hydrogens is 347 g/mol. The van der Waals surface area contributed by atoms with Crippen molar-refractivity contribution < 1.29 is 9.59 Å². The van der Waals surface area contributed by atoms with Crippen LogP contribution in [0.15, 0.2) is 48.5 Å². The molecule has 126 valence electrons. The second-order valence-corrected chi connectivity index (χ2v) is 6.12. The van der Waals surface area contributed by atoms with Crippen molar-refractivity contribution in [2.45, 2.75) is 19.4 Å². The predicted molar refractivity (Wildman–Crippen MR) is 96.1 cm³/mol. The molecule has 0 aliphatic carbocycles. The Hall–Kier alpha value is -2.04. The van der Waals surface area contributed by atoms with Crippen LogP contribution >= 0.6 is 23.2 Å². The molecule has 0 radical (unpaired) electrons. The fraction of sp³-hybridized carbons (Fsp3) is 0.222. The summed E-state index contributed by atoms with van der Waals surface area (Å²) in [4.78, 5) is 23.6. The standard InChI is InChI=1S/C18H18Cl2N2O2/c19-15-7-6-14(16(20)11-15)12-22-17(23)8-9-21-18(24)10-13-4-2-1-3-5-13/h1-7,11H,8-10,12H2,(H,21,24)(H,22,23). The fourth-order valence-electron chi connectivity index (χ4n) is 2.11. The molecule has 4 nitrogen and oxygen atoms in total. The maximum atomic E-state index is 11.8. The van der Waals surface area contributed by atoms with Crippen LogP contribution in [0.2, 0.25) is 10.0 Å². The van der Waals surface area contributed by atoms with Crippen LogP contribution in [0.4, 0.5) is 0 Å². The molecule has 6 heteroatoms. The predicted octanol–water partition coefficient (Wildman–Crippen LogP) is 3.36. The van der Waals surface area contributed by atoms with Gasteiger partial charge in [0.05, 0.1) is 6.42 Å². The molecule has 0 unspecified atom stereocenters. The molecular formula is C18H18Cl2N2O2. The number of amides is 2. The molecule has 2 amide bonds. The van der Waals surface area contributed by atoms with Crippen LogP contribution in [-0.4, -0.2) is 18.4 Å². The molecule has 2 aromatic carbocycles. The van der Waals surface area contributed by atoms with E-state index in [1.165, 1.54) is 0 Å². The highest BCUT2D eigenvalue weighted by Crippen LogP contribution is 2.20. The topological polar surface area (TPSA) is 58.2 Å². The first kappa shape index (κ1) is 18.3. The molecule has 24 heavy (non-hydrogen) atoms. The molecule has 0 fully saturated rings. The Balaban J connectivity index is 1.67. The number of rotatable bonds is 7. The van der Waals surface area contributed by atoms with E-state index in [2.05, 4.69) is 10.6 Å². The Morgan fingerprint density at radius 2 is 1.67 bits per heavy atom. The van der Waals surface area contributed by atoms with Crippen molar-refractivity contribution in [3.8, 4) is 0 Å². The summed E-state index contributed by atoms with van der Waals surface area (Å²) in [6, 6.07) is 14.6. The van der Waals surface area contributed by atoms with E-state index in [-0.39, 0.29) is 18.2 Å². The highest BCUT2D eigenvalue weighted by Gasteiger charge is 2.07. The second-order valence-electron chi connectivity index (χ2n) is 5.27. The fourth-order valence-corrected chi connectivity index (χ4v) is 2.58. The molecule has 0 aliphatic rings. The van der Waals surface area contributed by atoms with Crippen LogP contribution in [0.5, 0.6) is 0 Å². The van der Waals surface area contributed by atoms with E-state index in [4.69, 9.17) is 23.2 Å². The van der Waals surface area contributed by atoms with Crippen molar-refractivity contribution in [3.63, 3.8) is 0 Å². The van der Waals surface area contributed by atoms with Crippen molar-refractivity contribution in [1.29, 1.82) is 0 Å². The SMILES string of the molecule is O=C(CCNC(=O)Cc1ccccc1)NCc1ccc(Cl)cc1Cl. The summed E-state index contributed by atoms with van der Waals surface area (Å²) in [6.45, 7) is 0.624. The van der Waals surface area contributed by atoms with Gasteiger partial charge in [-0.2, -0.15) is 0 Å². The number of benzene rings is 2. The quantitative estimate of drug-likeness (QED) is 0.791. The summed E-state index contributed by atoms with van der Waals surface area (Å²) in [7, 11) is 0. The Bertz CT molecular complexity index is 705. The molecule has 0 aliphatic heterocycles. The minimum Gasteiger partial charge on any atom is -0.355 e. The van der Waals surface area contributed by atoms with E-state index < -0.39 is 0 Å². The zero-order chi connectivity index (χ0) is 17.4. The maximum absolute atomic E-state index is 11.8. The molecule has 0 heterocycles. The third-order valence-electron chi connectivity index (χ3n) is 3.37. The van der Waals surface area contributed by atoms with Gasteiger partial charge in [0.15, 0.2) is 0 Å². The van der Waals surface area contributed by atoms with Crippen LogP contribution in [0.25, 0.3) is 0 Å². The number of hydrogen-bond acceptors (Lipinski definition) is 2. The lowest BCUT2D eigenvalue weighted by atomic mass is 10.1. The lowest BCUT2D eigenvalue weighted by Gasteiger charge is -2.08. The molecule has 0 spiro atoms. The third kappa shape index (κ3) is 6.22. The highest BCUT2D eigenvalue weighted by molar-refractivity contribution is 6.35. The van der Waals surface area contributed by atoms with Crippen molar-refractivity contribution in [2.75, 3.05) is 6.54 Å². The summed E-state index contributed by atoms with van der Waals surface area (Å²) in [5, 5.41) is 6.57. The lowest BCUT2D eigenvalue weighted by molar-refractivity contribution is -0.122. The van der Waals surface area contributed by atoms with Crippen LogP contribution in [-0.2, 0) is 22.6 Å². The Kier molecular flexibility index (Phi) is 7.09. The number of carbonyl (C=O) groups is 2. The van der Waals surface area contributed by atoms with Crippen molar-refractivity contribution >= 4 is 35.0 Å². The first-order valence-electron chi connectivity index (χ1n) is 7.56. The van der Waals surface area contributed by atoms with E-state index in [1.54, 1.807) is 18.2 Å². The van der Waals surface area contributed by atoms with Gasteiger partial charge in [-0.1, -0.05) is 59.6 Å². The van der Waals surface area contributed by atoms with Gasteiger partial charge in [0, 0.05) is 29.6 Å². The molecule has 2 rings (SSSR count). The minimum atomic E-state index is -0.152. The molecule has 0 aromatic heterocycles. The van der Waals surface area contributed by atoms with Crippen LogP contribution in [0, 0.1) is 0 Å². The Morgan fingerprint density at radius 1 is 0.917 bits per heavy atom. The number of nitrogens with one attached hydrogen (secondary N) is 2. The number of halogens is 2. The van der Waals surface area contributed by atoms with E-state index in [0.29, 0.717) is 29.6 Å². The summed E-state index contributed by atoms with van der Waals surface area (Å²) in [6.07, 6.45) is 0.522. The second kappa shape index (κ2) is 9.30. The Labute approximate surface area is 151 Å². The average Bonchev–Trinajstić information content (AvgIpc) is 2.55. The van der Waals surface area contributed by atoms with Crippen LogP contribution in [0.3, 0.4) is 0 Å². The molecule has 2 N–H and O–H groups in total. The largest absolute Gasteiger partial charge is 0.355 e. The van der Waals surface area contributed by atoms with E-state index in [1.807, 2.05) is 30.3 Å². The van der Waals surface area contributed by atoms with Crippen LogP contribution < -0.4 is 10.6 Å². The summed E-state index contributed by atoms with van der Waals surface area (Å²) in [5.41, 5.74) is 1.74. The molecule has 0 bridgehead atoms. The highest BCUT2D eigenvalue weighted by atomic mass is 35.5. The monoisotopic (exact) mass is 364 g/mol. The van der Waals surface area contributed by atoms with Gasteiger partial charge < -0.3 is 10.6 Å². The lowest BCUT2D eigenvalue weighted by Crippen LogP contribution is -2.31. The zero-order valence-electron chi connectivity index (χ0n) is 13.0. The van der Waals surface area contributed by atoms with Crippen molar-refractivity contribution in [3.05, 3.63) is 69.7 Å². The van der Waals surface area contributed by atoms with Crippen molar-refractivity contribution in [1.82, 2.24) is 10.6 Å². The van der Waals surface area contributed by atoms with Gasteiger partial charge in [0.1, 0.15) is 0 Å². The first-order valence-corrected chi connectivity index (χ1v) is 8.31. The maximum Gasteiger partial charge on any atom is 0.224 e. The van der Waals surface area contributed by atoms with Gasteiger partial charge in [-0.25, -0.2) is 0 Å². The third-order valence-corrected chi connectivity index (χ3v) is 3.96. The van der Waals surface area contributed by atoms with E-state index in [0.717, 1.165) is 11.1 Å². The summed E-state index contributed by atoms with van der Waals surface area (Å²) < 4.78 is 0. The molecule has 0 saturated heterocycles. The van der Waals surface area contributed by atoms with Crippen LogP contribution in [0.1, 0.15) is 17.5 Å². The van der Waals surface area contributed by atoms with Crippen molar-refractivity contribution in [2.24, 2.45) is 0 Å². The first-order chi connectivity index (χ1) is 11.5. The molecule has 2 aromatic rings. The minimum absolute atomic E-state index is 0.102. The molecule has 0 saturated carbocycles. The summed E-state index contributed by atoms with van der Waals surface area (Å²) >= 11 is 11.9. The Morgan fingerprint density at radius 3 is 2.38 bits per heavy atom. The smallest absolute Gasteiger partial charge is 0.224 e. The number of carbonyl (C=O) groups excluding carboxylic acids is 2. The van der Waals surface area contributed by atoms with Gasteiger partial charge >= 0.3 is 0 Å². The van der Waals surface area contributed by atoms with Gasteiger partial charge in [-0.3, -0.25) is 9.59 Å². The normalized spacial score (nSPS) is 10.2. The average molecular weight is 365 g/mol. The molecule has 0 atom stereocenters. The van der Waals surface area contributed by atoms with Gasteiger partial charge in [0.2, 0.25) is 11.8 Å². The number of hydrogen-bond donors (Lipinski definition) is 2. The van der Waals surface area contributed by atoms with Gasteiger partial charge in [0.25, 0.3) is 0 Å². The van der Waals surface area contributed by atoms with Gasteiger partial charge in [-0.05, 0) is 23.3 Å². The van der Waals surface area contributed by atoms with Gasteiger partial charge in [-0.15, -0.1) is 0 Å². The zero-order valence-corrected chi connectivity index (χ0v) is 14.5.